The van der Waals surface area contributed by atoms with E-state index >= 15 is 0 Å². The zero-order valence-electron chi connectivity index (χ0n) is 12.7. The molecule has 2 bridgehead atoms. The second-order valence-electron chi connectivity index (χ2n) is 6.77. The fraction of sp³-hybridized carbons (Fsp3) is 0.368. The lowest BCUT2D eigenvalue weighted by Gasteiger charge is -2.27. The van der Waals surface area contributed by atoms with Crippen molar-refractivity contribution in [3.05, 3.63) is 42.5 Å². The van der Waals surface area contributed by atoms with Gasteiger partial charge in [0.05, 0.1) is 11.8 Å². The number of carboxylic acid groups (broad SMARTS) is 1. The number of hydrogen-bond acceptors (Lipinski definition) is 2. The van der Waals surface area contributed by atoms with Gasteiger partial charge in [-0.15, -0.1) is 0 Å². The Bertz CT molecular complexity index is 785. The maximum atomic E-state index is 12.7. The van der Waals surface area contributed by atoms with Gasteiger partial charge in [-0.2, -0.15) is 0 Å². The molecule has 2 aromatic carbocycles. The van der Waals surface area contributed by atoms with Gasteiger partial charge < -0.3 is 10.4 Å². The van der Waals surface area contributed by atoms with Crippen LogP contribution in [0.15, 0.2) is 42.5 Å². The highest BCUT2D eigenvalue weighted by molar-refractivity contribution is 5.98. The molecule has 0 radical (unpaired) electrons. The van der Waals surface area contributed by atoms with Crippen molar-refractivity contribution in [1.82, 2.24) is 0 Å². The lowest BCUT2D eigenvalue weighted by molar-refractivity contribution is -0.148. The first kappa shape index (κ1) is 14.2. The summed E-state index contributed by atoms with van der Waals surface area (Å²) < 4.78 is 0. The van der Waals surface area contributed by atoms with E-state index in [1.807, 2.05) is 42.5 Å². The van der Waals surface area contributed by atoms with Gasteiger partial charge in [0.2, 0.25) is 5.91 Å². The van der Waals surface area contributed by atoms with E-state index in [2.05, 4.69) is 5.32 Å². The number of carboxylic acids is 1. The Hall–Kier alpha value is -2.36. The predicted molar refractivity (Wildman–Crippen MR) is 88.0 cm³/mol. The first-order valence-corrected chi connectivity index (χ1v) is 8.16. The van der Waals surface area contributed by atoms with Crippen LogP contribution in [0.25, 0.3) is 10.8 Å². The monoisotopic (exact) mass is 309 g/mol. The zero-order chi connectivity index (χ0) is 16.0. The number of hydrogen-bond donors (Lipinski definition) is 2. The van der Waals surface area contributed by atoms with Gasteiger partial charge in [0, 0.05) is 5.69 Å². The number of anilines is 1. The number of fused-ring (bicyclic) bond motifs is 3. The van der Waals surface area contributed by atoms with Crippen LogP contribution in [0, 0.1) is 23.7 Å². The van der Waals surface area contributed by atoms with Crippen LogP contribution in [0.5, 0.6) is 0 Å². The Morgan fingerprint density at radius 2 is 1.65 bits per heavy atom. The maximum absolute atomic E-state index is 12.7. The van der Waals surface area contributed by atoms with Crippen molar-refractivity contribution < 1.29 is 14.7 Å². The maximum Gasteiger partial charge on any atom is 0.307 e. The minimum Gasteiger partial charge on any atom is -0.481 e. The summed E-state index contributed by atoms with van der Waals surface area (Å²) in [4.78, 5) is 24.2. The third kappa shape index (κ3) is 2.38. The van der Waals surface area contributed by atoms with E-state index in [4.69, 9.17) is 0 Å². The molecule has 118 valence electrons. The Kier molecular flexibility index (Phi) is 3.33. The van der Waals surface area contributed by atoms with Gasteiger partial charge in [0.15, 0.2) is 0 Å². The smallest absolute Gasteiger partial charge is 0.307 e. The van der Waals surface area contributed by atoms with E-state index in [0.717, 1.165) is 35.7 Å². The molecule has 0 spiro atoms. The average molecular weight is 309 g/mol. The topological polar surface area (TPSA) is 66.4 Å². The lowest BCUT2D eigenvalue weighted by Crippen LogP contribution is -2.37. The molecular weight excluding hydrogens is 290 g/mol. The minimum absolute atomic E-state index is 0.139. The van der Waals surface area contributed by atoms with Crippen LogP contribution in [-0.4, -0.2) is 17.0 Å². The quantitative estimate of drug-likeness (QED) is 0.911. The molecule has 4 rings (SSSR count). The van der Waals surface area contributed by atoms with Gasteiger partial charge in [0.25, 0.3) is 0 Å². The molecule has 0 aromatic heterocycles. The molecule has 2 fully saturated rings. The SMILES string of the molecule is O=C(O)[C@H]1[C@H]2CC[C@@H](C2)[C@@H]1C(=O)Nc1ccc2ccccc2c1. The zero-order valence-corrected chi connectivity index (χ0v) is 12.7. The summed E-state index contributed by atoms with van der Waals surface area (Å²) in [7, 11) is 0. The number of amides is 1. The predicted octanol–water partition coefficient (Wildman–Crippen LogP) is 3.53. The van der Waals surface area contributed by atoms with E-state index in [1.54, 1.807) is 0 Å². The van der Waals surface area contributed by atoms with Gasteiger partial charge in [-0.1, -0.05) is 30.3 Å². The third-order valence-electron chi connectivity index (χ3n) is 5.52. The molecule has 4 atom stereocenters. The van der Waals surface area contributed by atoms with Gasteiger partial charge in [-0.05, 0) is 54.0 Å². The number of nitrogens with one attached hydrogen (secondary N) is 1. The van der Waals surface area contributed by atoms with E-state index < -0.39 is 17.8 Å². The summed E-state index contributed by atoms with van der Waals surface area (Å²) in [5, 5.41) is 14.6. The molecule has 1 amide bonds. The number of rotatable bonds is 3. The van der Waals surface area contributed by atoms with Crippen molar-refractivity contribution in [2.75, 3.05) is 5.32 Å². The Balaban J connectivity index is 1.57. The lowest BCUT2D eigenvalue weighted by atomic mass is 9.78. The van der Waals surface area contributed by atoms with Gasteiger partial charge in [-0.3, -0.25) is 9.59 Å². The Labute approximate surface area is 134 Å². The second kappa shape index (κ2) is 5.37. The average Bonchev–Trinajstić information content (AvgIpc) is 3.15. The third-order valence-corrected chi connectivity index (χ3v) is 5.52. The largest absolute Gasteiger partial charge is 0.481 e. The summed E-state index contributed by atoms with van der Waals surface area (Å²) in [5.41, 5.74) is 0.737. The van der Waals surface area contributed by atoms with E-state index in [-0.39, 0.29) is 17.7 Å². The molecule has 0 heterocycles. The minimum atomic E-state index is -0.823. The van der Waals surface area contributed by atoms with Gasteiger partial charge >= 0.3 is 5.97 Å². The molecule has 2 aliphatic rings. The van der Waals surface area contributed by atoms with Gasteiger partial charge in [-0.25, -0.2) is 0 Å². The molecule has 0 aliphatic heterocycles. The van der Waals surface area contributed by atoms with Gasteiger partial charge in [0.1, 0.15) is 0 Å². The van der Waals surface area contributed by atoms with Crippen LogP contribution in [0.4, 0.5) is 5.69 Å². The number of carbonyl (C=O) groups excluding carboxylic acids is 1. The molecule has 4 nitrogen and oxygen atoms in total. The van der Waals surface area contributed by atoms with E-state index in [9.17, 15) is 14.7 Å². The van der Waals surface area contributed by atoms with E-state index in [0.29, 0.717) is 0 Å². The molecule has 2 aromatic rings. The molecule has 0 unspecified atom stereocenters. The summed E-state index contributed by atoms with van der Waals surface area (Å²) in [6, 6.07) is 13.8. The highest BCUT2D eigenvalue weighted by Crippen LogP contribution is 2.52. The standard InChI is InChI=1S/C19H19NO3/c21-18(16-13-5-6-14(9-13)17(16)19(22)23)20-15-8-7-11-3-1-2-4-12(11)10-15/h1-4,7-8,10,13-14,16-17H,5-6,9H2,(H,20,21)(H,22,23)/t13-,14-,16-,17-/m0/s1. The first-order chi connectivity index (χ1) is 11.1. The molecule has 4 heteroatoms. The molecule has 2 aliphatic carbocycles. The summed E-state index contributed by atoms with van der Waals surface area (Å²) in [5.74, 6) is -1.48. The molecular formula is C19H19NO3. The fourth-order valence-electron chi connectivity index (χ4n) is 4.52. The van der Waals surface area contributed by atoms with Crippen molar-refractivity contribution in [3.8, 4) is 0 Å². The van der Waals surface area contributed by atoms with Crippen LogP contribution in [0.2, 0.25) is 0 Å². The van der Waals surface area contributed by atoms with Crippen molar-refractivity contribution in [2.24, 2.45) is 23.7 Å². The normalized spacial score (nSPS) is 28.9. The molecule has 2 N–H and O–H groups in total. The van der Waals surface area contributed by atoms with Crippen molar-refractivity contribution in [3.63, 3.8) is 0 Å². The van der Waals surface area contributed by atoms with Crippen LogP contribution in [0.3, 0.4) is 0 Å². The second-order valence-corrected chi connectivity index (χ2v) is 6.77. The van der Waals surface area contributed by atoms with Crippen molar-refractivity contribution in [2.45, 2.75) is 19.3 Å². The van der Waals surface area contributed by atoms with Crippen molar-refractivity contribution >= 4 is 28.3 Å². The fourth-order valence-corrected chi connectivity index (χ4v) is 4.52. The molecule has 23 heavy (non-hydrogen) atoms. The van der Waals surface area contributed by atoms with Crippen LogP contribution >= 0.6 is 0 Å². The highest BCUT2D eigenvalue weighted by atomic mass is 16.4. The summed E-state index contributed by atoms with van der Waals surface area (Å²) in [6.45, 7) is 0. The number of carbonyl (C=O) groups is 2. The van der Waals surface area contributed by atoms with Crippen LogP contribution in [-0.2, 0) is 9.59 Å². The number of aliphatic carboxylic acids is 1. The van der Waals surface area contributed by atoms with Crippen LogP contribution < -0.4 is 5.32 Å². The van der Waals surface area contributed by atoms with Crippen molar-refractivity contribution in [1.29, 1.82) is 0 Å². The van der Waals surface area contributed by atoms with Crippen LogP contribution in [0.1, 0.15) is 19.3 Å². The first-order valence-electron chi connectivity index (χ1n) is 8.16. The number of benzene rings is 2. The molecule has 0 saturated heterocycles. The Morgan fingerprint density at radius 1 is 0.957 bits per heavy atom. The molecule has 2 saturated carbocycles. The van der Waals surface area contributed by atoms with E-state index in [1.165, 1.54) is 0 Å². The summed E-state index contributed by atoms with van der Waals surface area (Å²) in [6.07, 6.45) is 2.80. The summed E-state index contributed by atoms with van der Waals surface area (Å²) >= 11 is 0. The Morgan fingerprint density at radius 3 is 2.39 bits per heavy atom. The highest BCUT2D eigenvalue weighted by Gasteiger charge is 2.53.